The number of rotatable bonds is 3. The van der Waals surface area contributed by atoms with Gasteiger partial charge in [0.1, 0.15) is 0 Å². The summed E-state index contributed by atoms with van der Waals surface area (Å²) in [4.78, 5) is 13.9. The van der Waals surface area contributed by atoms with Crippen LogP contribution in [0.2, 0.25) is 0 Å². The van der Waals surface area contributed by atoms with Crippen molar-refractivity contribution in [2.24, 2.45) is 0 Å². The molecule has 1 heterocycles. The molecule has 1 aliphatic rings. The first-order chi connectivity index (χ1) is 8.72. The Morgan fingerprint density at radius 2 is 1.89 bits per heavy atom. The summed E-state index contributed by atoms with van der Waals surface area (Å²) >= 11 is 0. The lowest BCUT2D eigenvalue weighted by atomic mass is 10.0. The number of hydrogen-bond acceptors (Lipinski definition) is 2. The number of aryl methyl sites for hydroxylation is 1. The van der Waals surface area contributed by atoms with Crippen LogP contribution < -0.4 is 10.2 Å². The van der Waals surface area contributed by atoms with Crippen LogP contribution in [0.25, 0.3) is 0 Å². The van der Waals surface area contributed by atoms with Crippen molar-refractivity contribution in [3.05, 3.63) is 29.8 Å². The second-order valence-electron chi connectivity index (χ2n) is 4.89. The standard InChI is InChI=1S/C15H22N2O/c1-3-13-4-6-14(7-5-13)17(12(2)18)15-8-10-16-11-9-15/h4-7,15-16H,3,8-11H2,1-2H3. The fourth-order valence-corrected chi connectivity index (χ4v) is 2.61. The zero-order chi connectivity index (χ0) is 13.0. The molecule has 0 atom stereocenters. The molecule has 3 nitrogen and oxygen atoms in total. The quantitative estimate of drug-likeness (QED) is 0.888. The molecule has 0 radical (unpaired) electrons. The molecule has 2 rings (SSSR count). The van der Waals surface area contributed by atoms with Crippen LogP contribution in [0.15, 0.2) is 24.3 Å². The van der Waals surface area contributed by atoms with E-state index in [9.17, 15) is 4.79 Å². The minimum Gasteiger partial charge on any atom is -0.317 e. The largest absolute Gasteiger partial charge is 0.317 e. The fourth-order valence-electron chi connectivity index (χ4n) is 2.61. The number of piperidine rings is 1. The third kappa shape index (κ3) is 2.91. The zero-order valence-electron chi connectivity index (χ0n) is 11.3. The van der Waals surface area contributed by atoms with Crippen molar-refractivity contribution >= 4 is 11.6 Å². The maximum Gasteiger partial charge on any atom is 0.224 e. The first-order valence-corrected chi connectivity index (χ1v) is 6.82. The van der Waals surface area contributed by atoms with Crippen molar-refractivity contribution in [1.29, 1.82) is 0 Å². The minimum absolute atomic E-state index is 0.145. The average Bonchev–Trinajstić information content (AvgIpc) is 2.40. The van der Waals surface area contributed by atoms with E-state index in [0.717, 1.165) is 38.0 Å². The topological polar surface area (TPSA) is 32.3 Å². The highest BCUT2D eigenvalue weighted by molar-refractivity contribution is 5.92. The SMILES string of the molecule is CCc1ccc(N(C(C)=O)C2CCNCC2)cc1. The monoisotopic (exact) mass is 246 g/mol. The van der Waals surface area contributed by atoms with Crippen molar-refractivity contribution < 1.29 is 4.79 Å². The third-order valence-electron chi connectivity index (χ3n) is 3.64. The molecule has 1 aromatic carbocycles. The van der Waals surface area contributed by atoms with Gasteiger partial charge >= 0.3 is 0 Å². The number of hydrogen-bond donors (Lipinski definition) is 1. The summed E-state index contributed by atoms with van der Waals surface area (Å²) in [6, 6.07) is 8.72. The Morgan fingerprint density at radius 3 is 2.39 bits per heavy atom. The summed E-state index contributed by atoms with van der Waals surface area (Å²) < 4.78 is 0. The van der Waals surface area contributed by atoms with Gasteiger partial charge in [-0.2, -0.15) is 0 Å². The molecule has 0 spiro atoms. The van der Waals surface area contributed by atoms with Gasteiger partial charge in [-0.05, 0) is 50.0 Å². The Labute approximate surface area is 109 Å². The van der Waals surface area contributed by atoms with Gasteiger partial charge in [0, 0.05) is 18.7 Å². The van der Waals surface area contributed by atoms with E-state index >= 15 is 0 Å². The lowest BCUT2D eigenvalue weighted by Crippen LogP contribution is -2.45. The van der Waals surface area contributed by atoms with Crippen LogP contribution >= 0.6 is 0 Å². The van der Waals surface area contributed by atoms with Gasteiger partial charge in [-0.15, -0.1) is 0 Å². The van der Waals surface area contributed by atoms with Gasteiger partial charge in [0.05, 0.1) is 0 Å². The number of nitrogens with zero attached hydrogens (tertiary/aromatic N) is 1. The molecule has 1 aliphatic heterocycles. The molecule has 0 unspecified atom stereocenters. The maximum atomic E-state index is 11.9. The molecular formula is C15H22N2O. The minimum atomic E-state index is 0.145. The molecule has 1 fully saturated rings. The zero-order valence-corrected chi connectivity index (χ0v) is 11.3. The predicted octanol–water partition coefficient (Wildman–Crippen LogP) is 2.35. The van der Waals surface area contributed by atoms with Gasteiger partial charge in [-0.25, -0.2) is 0 Å². The van der Waals surface area contributed by atoms with Crippen molar-refractivity contribution in [1.82, 2.24) is 5.32 Å². The molecule has 3 heteroatoms. The Kier molecular flexibility index (Phi) is 4.37. The fraction of sp³-hybridized carbons (Fsp3) is 0.533. The first-order valence-electron chi connectivity index (χ1n) is 6.82. The summed E-state index contributed by atoms with van der Waals surface area (Å²) in [5.74, 6) is 0.145. The molecule has 1 N–H and O–H groups in total. The number of amides is 1. The van der Waals surface area contributed by atoms with Gasteiger partial charge < -0.3 is 10.2 Å². The lowest BCUT2D eigenvalue weighted by molar-refractivity contribution is -0.117. The van der Waals surface area contributed by atoms with Crippen LogP contribution in [-0.4, -0.2) is 25.0 Å². The second-order valence-corrected chi connectivity index (χ2v) is 4.89. The van der Waals surface area contributed by atoms with E-state index < -0.39 is 0 Å². The molecule has 0 aromatic heterocycles. The van der Waals surface area contributed by atoms with E-state index in [0.29, 0.717) is 6.04 Å². The molecule has 1 aromatic rings. The number of carbonyl (C=O) groups excluding carboxylic acids is 1. The molecule has 0 bridgehead atoms. The van der Waals surface area contributed by atoms with Gasteiger partial charge in [-0.3, -0.25) is 4.79 Å². The number of carbonyl (C=O) groups is 1. The molecule has 0 aliphatic carbocycles. The van der Waals surface area contributed by atoms with E-state index in [1.165, 1.54) is 5.56 Å². The highest BCUT2D eigenvalue weighted by Gasteiger charge is 2.24. The Balaban J connectivity index is 2.20. The van der Waals surface area contributed by atoms with E-state index in [4.69, 9.17) is 0 Å². The van der Waals surface area contributed by atoms with E-state index in [2.05, 4.69) is 36.5 Å². The van der Waals surface area contributed by atoms with Gasteiger partial charge in [0.25, 0.3) is 0 Å². The normalized spacial score (nSPS) is 16.6. The number of anilines is 1. The van der Waals surface area contributed by atoms with Crippen molar-refractivity contribution in [2.75, 3.05) is 18.0 Å². The number of benzene rings is 1. The highest BCUT2D eigenvalue weighted by Crippen LogP contribution is 2.22. The Bertz CT molecular complexity index is 393. The predicted molar refractivity (Wildman–Crippen MR) is 74.9 cm³/mol. The highest BCUT2D eigenvalue weighted by atomic mass is 16.2. The van der Waals surface area contributed by atoms with Crippen LogP contribution in [0, 0.1) is 0 Å². The smallest absolute Gasteiger partial charge is 0.224 e. The molecular weight excluding hydrogens is 224 g/mol. The average molecular weight is 246 g/mol. The summed E-state index contributed by atoms with van der Waals surface area (Å²) in [5.41, 5.74) is 2.35. The van der Waals surface area contributed by atoms with Crippen molar-refractivity contribution in [2.45, 2.75) is 39.2 Å². The van der Waals surface area contributed by atoms with Gasteiger partial charge in [0.2, 0.25) is 5.91 Å². The van der Waals surface area contributed by atoms with Gasteiger partial charge in [0.15, 0.2) is 0 Å². The number of nitrogens with one attached hydrogen (secondary N) is 1. The Morgan fingerprint density at radius 1 is 1.28 bits per heavy atom. The summed E-state index contributed by atoms with van der Waals surface area (Å²) in [7, 11) is 0. The van der Waals surface area contributed by atoms with E-state index in [-0.39, 0.29) is 5.91 Å². The summed E-state index contributed by atoms with van der Waals surface area (Å²) in [5, 5.41) is 3.34. The summed E-state index contributed by atoms with van der Waals surface area (Å²) in [6.07, 6.45) is 3.11. The molecule has 0 saturated carbocycles. The lowest BCUT2D eigenvalue weighted by Gasteiger charge is -2.34. The van der Waals surface area contributed by atoms with Crippen LogP contribution in [0.1, 0.15) is 32.3 Å². The van der Waals surface area contributed by atoms with Crippen LogP contribution in [0.3, 0.4) is 0 Å². The molecule has 18 heavy (non-hydrogen) atoms. The summed E-state index contributed by atoms with van der Waals surface area (Å²) in [6.45, 7) is 5.81. The Hall–Kier alpha value is -1.35. The van der Waals surface area contributed by atoms with Crippen molar-refractivity contribution in [3.8, 4) is 0 Å². The second kappa shape index (κ2) is 6.01. The molecule has 1 amide bonds. The van der Waals surface area contributed by atoms with Crippen molar-refractivity contribution in [3.63, 3.8) is 0 Å². The molecule has 98 valence electrons. The van der Waals surface area contributed by atoms with E-state index in [1.807, 2.05) is 4.90 Å². The maximum absolute atomic E-state index is 11.9. The van der Waals surface area contributed by atoms with Crippen LogP contribution in [-0.2, 0) is 11.2 Å². The van der Waals surface area contributed by atoms with Crippen LogP contribution in [0.4, 0.5) is 5.69 Å². The molecule has 1 saturated heterocycles. The first kappa shape index (κ1) is 13.1. The third-order valence-corrected chi connectivity index (χ3v) is 3.64. The van der Waals surface area contributed by atoms with E-state index in [1.54, 1.807) is 6.92 Å². The van der Waals surface area contributed by atoms with Gasteiger partial charge in [-0.1, -0.05) is 19.1 Å². The van der Waals surface area contributed by atoms with Crippen LogP contribution in [0.5, 0.6) is 0 Å².